The molecule has 0 aliphatic carbocycles. The topological polar surface area (TPSA) is 88.3 Å². The van der Waals surface area contributed by atoms with Crippen LogP contribution in [0.1, 0.15) is 40.3 Å². The number of carbonyl (C=O) groups is 3. The van der Waals surface area contributed by atoms with Gasteiger partial charge in [-0.05, 0) is 55.8 Å². The number of carbonyl (C=O) groups excluding carboxylic acids is 3. The Morgan fingerprint density at radius 1 is 1.07 bits per heavy atom. The van der Waals surface area contributed by atoms with E-state index >= 15 is 0 Å². The number of ketones is 1. The number of aromatic nitrogens is 1. The molecule has 1 amide bonds. The van der Waals surface area contributed by atoms with Crippen LogP contribution in [-0.4, -0.2) is 29.3 Å². The summed E-state index contributed by atoms with van der Waals surface area (Å²) >= 11 is 0. The van der Waals surface area contributed by atoms with E-state index in [9.17, 15) is 23.2 Å². The third-order valence-corrected chi connectivity index (χ3v) is 5.07. The molecule has 2 heterocycles. The Hall–Kier alpha value is -3.55. The molecule has 0 fully saturated rings. The summed E-state index contributed by atoms with van der Waals surface area (Å²) in [6.07, 6.45) is 0. The van der Waals surface area contributed by atoms with Gasteiger partial charge in [0.2, 0.25) is 5.91 Å². The smallest absolute Gasteiger partial charge is 0.355 e. The number of rotatable bonds is 4. The SMILES string of the molecule is CC1(C)C(=O)Nc2ccc(C(=O)COC(=O)c3cc4c(F)ccc(F)c4[nH]3)cc21. The van der Waals surface area contributed by atoms with Crippen LogP contribution in [0.25, 0.3) is 10.9 Å². The van der Waals surface area contributed by atoms with Crippen LogP contribution >= 0.6 is 0 Å². The van der Waals surface area contributed by atoms with Crippen LogP contribution in [0.3, 0.4) is 0 Å². The molecule has 29 heavy (non-hydrogen) atoms. The fourth-order valence-electron chi connectivity index (χ4n) is 3.30. The molecule has 1 aliphatic rings. The number of anilines is 1. The van der Waals surface area contributed by atoms with E-state index in [1.54, 1.807) is 26.0 Å². The van der Waals surface area contributed by atoms with Gasteiger partial charge in [0.1, 0.15) is 17.3 Å². The van der Waals surface area contributed by atoms with Gasteiger partial charge in [-0.15, -0.1) is 0 Å². The molecule has 0 radical (unpaired) electrons. The molecule has 8 heteroatoms. The van der Waals surface area contributed by atoms with Gasteiger partial charge >= 0.3 is 5.97 Å². The lowest BCUT2D eigenvalue weighted by atomic mass is 9.85. The van der Waals surface area contributed by atoms with E-state index in [1.165, 1.54) is 6.07 Å². The van der Waals surface area contributed by atoms with Gasteiger partial charge in [-0.3, -0.25) is 9.59 Å². The van der Waals surface area contributed by atoms with E-state index in [-0.39, 0.29) is 28.1 Å². The predicted molar refractivity (Wildman–Crippen MR) is 101 cm³/mol. The molecular weight excluding hydrogens is 382 g/mol. The zero-order valence-corrected chi connectivity index (χ0v) is 15.6. The van der Waals surface area contributed by atoms with Crippen LogP contribution in [0.4, 0.5) is 14.5 Å². The number of aromatic amines is 1. The zero-order chi connectivity index (χ0) is 20.9. The van der Waals surface area contributed by atoms with Crippen molar-refractivity contribution in [3.8, 4) is 0 Å². The molecule has 0 spiro atoms. The maximum Gasteiger partial charge on any atom is 0.355 e. The number of benzene rings is 2. The summed E-state index contributed by atoms with van der Waals surface area (Å²) in [7, 11) is 0. The molecule has 0 unspecified atom stereocenters. The molecular formula is C21H16F2N2O4. The van der Waals surface area contributed by atoms with Crippen molar-refractivity contribution in [2.75, 3.05) is 11.9 Å². The number of esters is 1. The first-order valence-electron chi connectivity index (χ1n) is 8.81. The van der Waals surface area contributed by atoms with Crippen LogP contribution in [-0.2, 0) is 14.9 Å². The fraction of sp³-hybridized carbons (Fsp3) is 0.190. The highest BCUT2D eigenvalue weighted by Gasteiger charge is 2.38. The summed E-state index contributed by atoms with van der Waals surface area (Å²) < 4.78 is 32.5. The monoisotopic (exact) mass is 398 g/mol. The summed E-state index contributed by atoms with van der Waals surface area (Å²) in [5.74, 6) is -2.93. The molecule has 4 rings (SSSR count). The molecule has 0 atom stereocenters. The Balaban J connectivity index is 1.50. The van der Waals surface area contributed by atoms with E-state index in [0.29, 0.717) is 11.3 Å². The number of nitrogens with one attached hydrogen (secondary N) is 2. The van der Waals surface area contributed by atoms with Crippen molar-refractivity contribution in [2.24, 2.45) is 0 Å². The summed E-state index contributed by atoms with van der Waals surface area (Å²) in [4.78, 5) is 39.1. The molecule has 0 bridgehead atoms. The Labute approximate surface area is 163 Å². The highest BCUT2D eigenvalue weighted by Crippen LogP contribution is 2.37. The largest absolute Gasteiger partial charge is 0.453 e. The van der Waals surface area contributed by atoms with Crippen molar-refractivity contribution >= 4 is 34.3 Å². The van der Waals surface area contributed by atoms with Crippen molar-refractivity contribution in [1.82, 2.24) is 4.98 Å². The molecule has 0 saturated heterocycles. The van der Waals surface area contributed by atoms with Crippen molar-refractivity contribution in [3.63, 3.8) is 0 Å². The first-order chi connectivity index (χ1) is 13.7. The van der Waals surface area contributed by atoms with Gasteiger partial charge in [0.25, 0.3) is 0 Å². The minimum Gasteiger partial charge on any atom is -0.453 e. The zero-order valence-electron chi connectivity index (χ0n) is 15.6. The second-order valence-electron chi connectivity index (χ2n) is 7.34. The minimum absolute atomic E-state index is 0.0821. The van der Waals surface area contributed by atoms with E-state index < -0.39 is 35.4 Å². The fourth-order valence-corrected chi connectivity index (χ4v) is 3.30. The van der Waals surface area contributed by atoms with Crippen LogP contribution < -0.4 is 5.32 Å². The lowest BCUT2D eigenvalue weighted by Gasteiger charge is -2.15. The molecule has 2 N–H and O–H groups in total. The number of fused-ring (bicyclic) bond motifs is 2. The first kappa shape index (κ1) is 18.8. The highest BCUT2D eigenvalue weighted by atomic mass is 19.1. The van der Waals surface area contributed by atoms with Gasteiger partial charge in [-0.1, -0.05) is 0 Å². The highest BCUT2D eigenvalue weighted by molar-refractivity contribution is 6.07. The van der Waals surface area contributed by atoms with Crippen molar-refractivity contribution in [2.45, 2.75) is 19.3 Å². The van der Waals surface area contributed by atoms with Gasteiger partial charge < -0.3 is 15.0 Å². The number of hydrogen-bond acceptors (Lipinski definition) is 4. The van der Waals surface area contributed by atoms with Crippen molar-refractivity contribution < 1.29 is 27.9 Å². The van der Waals surface area contributed by atoms with Crippen molar-refractivity contribution in [3.05, 3.63) is 64.9 Å². The van der Waals surface area contributed by atoms with E-state index in [0.717, 1.165) is 18.2 Å². The average molecular weight is 398 g/mol. The summed E-state index contributed by atoms with van der Waals surface area (Å²) in [5, 5.41) is 2.66. The first-order valence-corrected chi connectivity index (χ1v) is 8.81. The standard InChI is InChI=1S/C21H16F2N2O4/c1-21(2)12-7-10(3-6-15(12)25-20(21)28)17(26)9-29-19(27)16-8-11-13(22)4-5-14(23)18(11)24-16/h3-8,24H,9H2,1-2H3,(H,25,28). The van der Waals surface area contributed by atoms with Gasteiger partial charge in [0.05, 0.1) is 10.9 Å². The minimum atomic E-state index is -0.910. The van der Waals surface area contributed by atoms with Crippen LogP contribution in [0.5, 0.6) is 0 Å². The molecule has 6 nitrogen and oxygen atoms in total. The van der Waals surface area contributed by atoms with E-state index in [4.69, 9.17) is 4.74 Å². The maximum absolute atomic E-state index is 13.8. The van der Waals surface area contributed by atoms with Crippen LogP contribution in [0, 0.1) is 11.6 Å². The second-order valence-corrected chi connectivity index (χ2v) is 7.34. The van der Waals surface area contributed by atoms with Gasteiger partial charge in [-0.25, -0.2) is 13.6 Å². The number of hydrogen-bond donors (Lipinski definition) is 2. The van der Waals surface area contributed by atoms with E-state index in [1.807, 2.05) is 0 Å². The van der Waals surface area contributed by atoms with Crippen molar-refractivity contribution in [1.29, 1.82) is 0 Å². The quantitative estimate of drug-likeness (QED) is 0.518. The Kier molecular flexibility index (Phi) is 4.22. The molecule has 0 saturated carbocycles. The maximum atomic E-state index is 13.8. The van der Waals surface area contributed by atoms with Gasteiger partial charge in [0, 0.05) is 16.6 Å². The average Bonchev–Trinajstić information content (AvgIpc) is 3.24. The predicted octanol–water partition coefficient (Wildman–Crippen LogP) is 3.72. The van der Waals surface area contributed by atoms with Crippen LogP contribution in [0.15, 0.2) is 36.4 Å². The number of amides is 1. The molecule has 2 aromatic carbocycles. The summed E-state index contributed by atoms with van der Waals surface area (Å²) in [6.45, 7) is 2.94. The van der Waals surface area contributed by atoms with E-state index in [2.05, 4.69) is 10.3 Å². The number of H-pyrrole nitrogens is 1. The summed E-state index contributed by atoms with van der Waals surface area (Å²) in [5.41, 5.74) is 0.510. The number of Topliss-reactive ketones (excluding diaryl/α,β-unsaturated/α-hetero) is 1. The second kappa shape index (κ2) is 6.51. The molecule has 3 aromatic rings. The number of ether oxygens (including phenoxy) is 1. The number of halogens is 2. The third kappa shape index (κ3) is 3.06. The Bertz CT molecular complexity index is 1160. The lowest BCUT2D eigenvalue weighted by molar-refractivity contribution is -0.119. The molecule has 148 valence electrons. The Morgan fingerprint density at radius 3 is 2.52 bits per heavy atom. The third-order valence-electron chi connectivity index (χ3n) is 5.07. The Morgan fingerprint density at radius 2 is 1.79 bits per heavy atom. The summed E-state index contributed by atoms with van der Waals surface area (Å²) in [6, 6.07) is 7.79. The van der Waals surface area contributed by atoms with Gasteiger partial charge in [-0.2, -0.15) is 0 Å². The van der Waals surface area contributed by atoms with Crippen LogP contribution in [0.2, 0.25) is 0 Å². The molecule has 1 aromatic heterocycles. The molecule has 1 aliphatic heterocycles. The van der Waals surface area contributed by atoms with Gasteiger partial charge in [0.15, 0.2) is 12.4 Å². The lowest BCUT2D eigenvalue weighted by Crippen LogP contribution is -2.27. The normalized spacial score (nSPS) is 14.6.